The molecule has 3 atom stereocenters. The van der Waals surface area contributed by atoms with Crippen molar-refractivity contribution in [2.45, 2.75) is 33.6 Å². The molecule has 64 valence electrons. The molecule has 0 aromatic carbocycles. The minimum Gasteiger partial charge on any atom is -0.481 e. The van der Waals surface area contributed by atoms with Crippen molar-refractivity contribution in [2.75, 3.05) is 0 Å². The summed E-state index contributed by atoms with van der Waals surface area (Å²) in [7, 11) is 0. The van der Waals surface area contributed by atoms with Gasteiger partial charge in [-0.2, -0.15) is 0 Å². The molecule has 1 aliphatic rings. The Morgan fingerprint density at radius 2 is 2.18 bits per heavy atom. The van der Waals surface area contributed by atoms with Crippen molar-refractivity contribution in [1.82, 2.24) is 0 Å². The normalized spacial score (nSPS) is 42.1. The standard InChI is InChI=1S/C9H16O2/c1-4-9(3)6(2)7(9)5-8(10)11/h6-7H,4-5H2,1-3H3,(H,10,11). The molecule has 1 saturated carbocycles. The van der Waals surface area contributed by atoms with Crippen LogP contribution in [-0.4, -0.2) is 11.1 Å². The maximum atomic E-state index is 10.4. The second-order valence-electron chi connectivity index (χ2n) is 3.85. The number of carboxylic acids is 1. The van der Waals surface area contributed by atoms with Gasteiger partial charge in [-0.15, -0.1) is 0 Å². The summed E-state index contributed by atoms with van der Waals surface area (Å²) in [5.74, 6) is 0.368. The number of rotatable bonds is 3. The van der Waals surface area contributed by atoms with Crippen molar-refractivity contribution in [3.8, 4) is 0 Å². The van der Waals surface area contributed by atoms with E-state index in [1.54, 1.807) is 0 Å². The summed E-state index contributed by atoms with van der Waals surface area (Å²) in [6.45, 7) is 6.47. The Labute approximate surface area is 67.6 Å². The van der Waals surface area contributed by atoms with Crippen molar-refractivity contribution in [1.29, 1.82) is 0 Å². The average Bonchev–Trinajstić information content (AvgIpc) is 2.41. The van der Waals surface area contributed by atoms with E-state index in [1.165, 1.54) is 0 Å². The van der Waals surface area contributed by atoms with Crippen LogP contribution in [0, 0.1) is 17.3 Å². The second-order valence-corrected chi connectivity index (χ2v) is 3.85. The number of hydrogen-bond donors (Lipinski definition) is 1. The topological polar surface area (TPSA) is 37.3 Å². The minimum absolute atomic E-state index is 0.318. The molecule has 0 radical (unpaired) electrons. The van der Waals surface area contributed by atoms with Gasteiger partial charge in [-0.1, -0.05) is 27.2 Å². The first-order chi connectivity index (χ1) is 5.02. The van der Waals surface area contributed by atoms with Crippen LogP contribution in [0.2, 0.25) is 0 Å². The smallest absolute Gasteiger partial charge is 0.303 e. The van der Waals surface area contributed by atoms with Gasteiger partial charge in [0.15, 0.2) is 0 Å². The van der Waals surface area contributed by atoms with Crippen LogP contribution in [0.5, 0.6) is 0 Å². The molecule has 1 rings (SSSR count). The summed E-state index contributed by atoms with van der Waals surface area (Å²) in [6, 6.07) is 0. The molecule has 3 unspecified atom stereocenters. The molecule has 0 bridgehead atoms. The Morgan fingerprint density at radius 1 is 1.64 bits per heavy atom. The quantitative estimate of drug-likeness (QED) is 0.679. The van der Waals surface area contributed by atoms with Crippen molar-refractivity contribution < 1.29 is 9.90 Å². The monoisotopic (exact) mass is 156 g/mol. The summed E-state index contributed by atoms with van der Waals surface area (Å²) in [6.07, 6.45) is 1.46. The van der Waals surface area contributed by atoms with Crippen molar-refractivity contribution in [3.63, 3.8) is 0 Å². The summed E-state index contributed by atoms with van der Waals surface area (Å²) in [4.78, 5) is 10.4. The van der Waals surface area contributed by atoms with Crippen molar-refractivity contribution >= 4 is 5.97 Å². The molecular weight excluding hydrogens is 140 g/mol. The average molecular weight is 156 g/mol. The Bertz CT molecular complexity index is 176. The summed E-state index contributed by atoms with van der Waals surface area (Å²) < 4.78 is 0. The van der Waals surface area contributed by atoms with Crippen LogP contribution >= 0.6 is 0 Å². The van der Waals surface area contributed by atoms with Crippen LogP contribution in [0.25, 0.3) is 0 Å². The molecule has 0 heterocycles. The number of hydrogen-bond acceptors (Lipinski definition) is 1. The largest absolute Gasteiger partial charge is 0.481 e. The Hall–Kier alpha value is -0.530. The highest BCUT2D eigenvalue weighted by molar-refractivity contribution is 5.67. The van der Waals surface area contributed by atoms with E-state index in [4.69, 9.17) is 5.11 Å². The molecule has 1 N–H and O–H groups in total. The van der Waals surface area contributed by atoms with Gasteiger partial charge >= 0.3 is 5.97 Å². The van der Waals surface area contributed by atoms with E-state index in [0.717, 1.165) is 6.42 Å². The van der Waals surface area contributed by atoms with E-state index in [0.29, 0.717) is 23.7 Å². The first-order valence-electron chi connectivity index (χ1n) is 4.24. The summed E-state index contributed by atoms with van der Waals surface area (Å²) >= 11 is 0. The van der Waals surface area contributed by atoms with Crippen LogP contribution < -0.4 is 0 Å². The molecule has 0 aromatic rings. The maximum absolute atomic E-state index is 10.4. The molecule has 1 fully saturated rings. The van der Waals surface area contributed by atoms with Gasteiger partial charge in [-0.05, 0) is 17.3 Å². The van der Waals surface area contributed by atoms with Crippen molar-refractivity contribution in [2.24, 2.45) is 17.3 Å². The third-order valence-corrected chi connectivity index (χ3v) is 3.54. The SMILES string of the molecule is CCC1(C)C(C)C1CC(=O)O. The molecule has 0 aliphatic heterocycles. The van der Waals surface area contributed by atoms with Gasteiger partial charge in [0.25, 0.3) is 0 Å². The van der Waals surface area contributed by atoms with Crippen molar-refractivity contribution in [3.05, 3.63) is 0 Å². The minimum atomic E-state index is -0.654. The van der Waals surface area contributed by atoms with Crippen LogP contribution in [0.3, 0.4) is 0 Å². The molecule has 2 heteroatoms. The molecule has 0 amide bonds. The highest BCUT2D eigenvalue weighted by Gasteiger charge is 2.56. The predicted molar refractivity (Wildman–Crippen MR) is 43.3 cm³/mol. The molecule has 0 spiro atoms. The lowest BCUT2D eigenvalue weighted by atomic mass is 10.0. The number of aliphatic carboxylic acids is 1. The lowest BCUT2D eigenvalue weighted by Crippen LogP contribution is -2.01. The zero-order valence-corrected chi connectivity index (χ0v) is 7.42. The van der Waals surface area contributed by atoms with Gasteiger partial charge in [0.05, 0.1) is 0 Å². The molecule has 11 heavy (non-hydrogen) atoms. The van der Waals surface area contributed by atoms with Gasteiger partial charge in [0.2, 0.25) is 0 Å². The first-order valence-corrected chi connectivity index (χ1v) is 4.24. The number of carboxylic acid groups (broad SMARTS) is 1. The van der Waals surface area contributed by atoms with Crippen LogP contribution in [0.4, 0.5) is 0 Å². The Kier molecular flexibility index (Phi) is 1.95. The van der Waals surface area contributed by atoms with Gasteiger partial charge in [-0.3, -0.25) is 4.79 Å². The lowest BCUT2D eigenvalue weighted by Gasteiger charge is -2.04. The maximum Gasteiger partial charge on any atom is 0.303 e. The molecule has 0 aromatic heterocycles. The fraction of sp³-hybridized carbons (Fsp3) is 0.889. The van der Waals surface area contributed by atoms with Crippen LogP contribution in [0.15, 0.2) is 0 Å². The first kappa shape index (κ1) is 8.57. The van der Waals surface area contributed by atoms with Crippen LogP contribution in [-0.2, 0) is 4.79 Å². The predicted octanol–water partition coefficient (Wildman–Crippen LogP) is 2.14. The Morgan fingerprint density at radius 3 is 2.45 bits per heavy atom. The zero-order chi connectivity index (χ0) is 8.65. The lowest BCUT2D eigenvalue weighted by molar-refractivity contribution is -0.137. The van der Waals surface area contributed by atoms with E-state index in [1.807, 2.05) is 0 Å². The molecule has 2 nitrogen and oxygen atoms in total. The fourth-order valence-electron chi connectivity index (χ4n) is 2.09. The highest BCUT2D eigenvalue weighted by Crippen LogP contribution is 2.61. The third-order valence-electron chi connectivity index (χ3n) is 3.54. The molecule has 0 saturated heterocycles. The van der Waals surface area contributed by atoms with Gasteiger partial charge in [-0.25, -0.2) is 0 Å². The summed E-state index contributed by atoms with van der Waals surface area (Å²) in [5.41, 5.74) is 0.318. The van der Waals surface area contributed by atoms with E-state index in [2.05, 4.69) is 20.8 Å². The van der Waals surface area contributed by atoms with Crippen LogP contribution in [0.1, 0.15) is 33.6 Å². The van der Waals surface area contributed by atoms with Gasteiger partial charge in [0.1, 0.15) is 0 Å². The van der Waals surface area contributed by atoms with E-state index < -0.39 is 5.97 Å². The van der Waals surface area contributed by atoms with Gasteiger partial charge in [0, 0.05) is 6.42 Å². The zero-order valence-electron chi connectivity index (χ0n) is 7.42. The van der Waals surface area contributed by atoms with Gasteiger partial charge < -0.3 is 5.11 Å². The fourth-order valence-corrected chi connectivity index (χ4v) is 2.09. The van der Waals surface area contributed by atoms with E-state index in [9.17, 15) is 4.79 Å². The number of carbonyl (C=O) groups is 1. The highest BCUT2D eigenvalue weighted by atomic mass is 16.4. The van der Waals surface area contributed by atoms with E-state index >= 15 is 0 Å². The molecule has 1 aliphatic carbocycles. The summed E-state index contributed by atoms with van der Waals surface area (Å²) in [5, 5.41) is 8.57. The Balaban J connectivity index is 2.47. The second kappa shape index (κ2) is 2.50. The molecular formula is C9H16O2. The van der Waals surface area contributed by atoms with E-state index in [-0.39, 0.29) is 0 Å². The third kappa shape index (κ3) is 1.26.